The summed E-state index contributed by atoms with van der Waals surface area (Å²) in [6.45, 7) is 6.72. The summed E-state index contributed by atoms with van der Waals surface area (Å²) in [4.78, 5) is 29.2. The second kappa shape index (κ2) is 12.8. The number of nitrogens with zero attached hydrogens (tertiary/aromatic N) is 1. The van der Waals surface area contributed by atoms with Crippen molar-refractivity contribution in [2.24, 2.45) is 11.3 Å². The molecule has 1 aromatic heterocycles. The number of hydrogen-bond acceptors (Lipinski definition) is 4. The first-order valence-electron chi connectivity index (χ1n) is 11.7. The van der Waals surface area contributed by atoms with Crippen LogP contribution in [0.5, 0.6) is 0 Å². The molecule has 204 valence electrons. The zero-order chi connectivity index (χ0) is 26.9. The lowest BCUT2D eigenvalue weighted by molar-refractivity contribution is -0.204. The van der Waals surface area contributed by atoms with Crippen molar-refractivity contribution in [1.82, 2.24) is 10.3 Å². The van der Waals surface area contributed by atoms with Crippen molar-refractivity contribution < 1.29 is 36.2 Å². The van der Waals surface area contributed by atoms with Gasteiger partial charge in [0.1, 0.15) is 17.6 Å². The molecule has 2 N–H and O–H groups in total. The maximum absolute atomic E-state index is 13.1. The van der Waals surface area contributed by atoms with Gasteiger partial charge in [0.2, 0.25) is 5.91 Å². The molecule has 2 heterocycles. The Kier molecular flexibility index (Phi) is 10.4. The van der Waals surface area contributed by atoms with Crippen molar-refractivity contribution in [3.05, 3.63) is 59.7 Å². The van der Waals surface area contributed by atoms with Crippen LogP contribution >= 0.6 is 0 Å². The first-order valence-corrected chi connectivity index (χ1v) is 11.7. The molecular formula is C26H39F4N3O3. The first kappa shape index (κ1) is 29.2. The fourth-order valence-electron chi connectivity index (χ4n) is 3.16. The summed E-state index contributed by atoms with van der Waals surface area (Å²) in [6, 6.07) is 9.21. The fourth-order valence-corrected chi connectivity index (χ4v) is 3.16. The average Bonchev–Trinajstić information content (AvgIpc) is 2.80. The SMILES string of the molecule is CC(C)(C)C(F)(F)F.Cc1ccc(NC(=O)[C@H](CC2CCOCC2)NC(=O)c2ccc(F)cn2)cc1.[HH].[HH].[HH]. The van der Waals surface area contributed by atoms with Gasteiger partial charge in [0.15, 0.2) is 0 Å². The van der Waals surface area contributed by atoms with Gasteiger partial charge in [0.25, 0.3) is 5.91 Å². The van der Waals surface area contributed by atoms with Gasteiger partial charge in [-0.2, -0.15) is 13.2 Å². The molecule has 1 fully saturated rings. The Bertz CT molecular complexity index is 985. The smallest absolute Gasteiger partial charge is 0.381 e. The van der Waals surface area contributed by atoms with Crippen LogP contribution in [-0.4, -0.2) is 42.2 Å². The Hall–Kier alpha value is -3.01. The molecule has 1 aromatic carbocycles. The number of halogens is 4. The van der Waals surface area contributed by atoms with Crippen LogP contribution < -0.4 is 10.6 Å². The monoisotopic (exact) mass is 517 g/mol. The van der Waals surface area contributed by atoms with E-state index in [2.05, 4.69) is 15.6 Å². The van der Waals surface area contributed by atoms with Crippen LogP contribution in [0.25, 0.3) is 0 Å². The van der Waals surface area contributed by atoms with Gasteiger partial charge in [0, 0.05) is 23.2 Å². The van der Waals surface area contributed by atoms with Crippen molar-refractivity contribution in [1.29, 1.82) is 0 Å². The largest absolute Gasteiger partial charge is 0.393 e. The Balaban J connectivity index is 0. The zero-order valence-corrected chi connectivity index (χ0v) is 20.9. The molecule has 0 aliphatic carbocycles. The molecule has 1 aliphatic rings. The van der Waals surface area contributed by atoms with Gasteiger partial charge < -0.3 is 15.4 Å². The highest BCUT2D eigenvalue weighted by Gasteiger charge is 2.42. The number of alkyl halides is 3. The van der Waals surface area contributed by atoms with Gasteiger partial charge in [-0.1, -0.05) is 38.5 Å². The quantitative estimate of drug-likeness (QED) is 0.434. The number of carbonyl (C=O) groups is 2. The lowest BCUT2D eigenvalue weighted by Gasteiger charge is -2.26. The highest BCUT2D eigenvalue weighted by atomic mass is 19.4. The molecular weight excluding hydrogens is 478 g/mol. The Morgan fingerprint density at radius 1 is 1.08 bits per heavy atom. The van der Waals surface area contributed by atoms with E-state index in [1.165, 1.54) is 12.1 Å². The topological polar surface area (TPSA) is 80.3 Å². The van der Waals surface area contributed by atoms with Gasteiger partial charge in [-0.15, -0.1) is 0 Å². The second-order valence-corrected chi connectivity index (χ2v) is 9.78. The first-order chi connectivity index (χ1) is 16.8. The van der Waals surface area contributed by atoms with E-state index in [1.807, 2.05) is 31.2 Å². The van der Waals surface area contributed by atoms with Gasteiger partial charge >= 0.3 is 6.18 Å². The van der Waals surface area contributed by atoms with Crippen LogP contribution in [0.3, 0.4) is 0 Å². The number of amides is 2. The van der Waals surface area contributed by atoms with Crippen LogP contribution in [0.4, 0.5) is 23.2 Å². The summed E-state index contributed by atoms with van der Waals surface area (Å²) < 4.78 is 53.1. The maximum Gasteiger partial charge on any atom is 0.393 e. The van der Waals surface area contributed by atoms with E-state index in [4.69, 9.17) is 4.74 Å². The van der Waals surface area contributed by atoms with Crippen molar-refractivity contribution >= 4 is 17.5 Å². The molecule has 0 radical (unpaired) electrons. The van der Waals surface area contributed by atoms with Crippen molar-refractivity contribution in [3.8, 4) is 0 Å². The summed E-state index contributed by atoms with van der Waals surface area (Å²) in [6.07, 6.45) is -0.881. The van der Waals surface area contributed by atoms with E-state index in [-0.39, 0.29) is 21.8 Å². The molecule has 3 rings (SSSR count). The highest BCUT2D eigenvalue weighted by molar-refractivity contribution is 6.00. The van der Waals surface area contributed by atoms with Gasteiger partial charge in [-0.3, -0.25) is 9.59 Å². The number of rotatable bonds is 6. The second-order valence-electron chi connectivity index (χ2n) is 9.78. The number of carbonyl (C=O) groups excluding carboxylic acids is 2. The van der Waals surface area contributed by atoms with Gasteiger partial charge in [0.05, 0.1) is 11.6 Å². The summed E-state index contributed by atoms with van der Waals surface area (Å²) in [7, 11) is 0. The fraction of sp³-hybridized carbons (Fsp3) is 0.500. The molecule has 6 nitrogen and oxygen atoms in total. The number of aryl methyl sites for hydroxylation is 1. The molecule has 0 unspecified atom stereocenters. The molecule has 10 heteroatoms. The number of pyridine rings is 1. The van der Waals surface area contributed by atoms with Crippen molar-refractivity contribution in [2.75, 3.05) is 18.5 Å². The van der Waals surface area contributed by atoms with E-state index in [1.54, 1.807) is 0 Å². The number of hydrogen-bond donors (Lipinski definition) is 2. The van der Waals surface area contributed by atoms with E-state index < -0.39 is 29.4 Å². The average molecular weight is 518 g/mol. The minimum absolute atomic E-state index is 0. The minimum atomic E-state index is -4.06. The Labute approximate surface area is 213 Å². The molecule has 2 aromatic rings. The standard InChI is InChI=1S/C21H24FN3O3.C5H9F3.3H2/c1-14-2-5-17(6-3-14)24-21(27)19(12-15-8-10-28-11-9-15)25-20(26)18-7-4-16(22)13-23-18;1-4(2,3)5(6,7)8;;;/h2-7,13,15,19H,8-12H2,1H3,(H,24,27)(H,25,26);1-3H3;3*1H/t19-;;;;/m0..../s1. The summed E-state index contributed by atoms with van der Waals surface area (Å²) >= 11 is 0. The van der Waals surface area contributed by atoms with E-state index in [0.29, 0.717) is 25.3 Å². The molecule has 0 spiro atoms. The molecule has 0 saturated carbocycles. The van der Waals surface area contributed by atoms with E-state index in [9.17, 15) is 27.2 Å². The lowest BCUT2D eigenvalue weighted by atomic mass is 9.92. The van der Waals surface area contributed by atoms with E-state index >= 15 is 0 Å². The Morgan fingerprint density at radius 2 is 1.67 bits per heavy atom. The van der Waals surface area contributed by atoms with Crippen LogP contribution in [0.15, 0.2) is 42.6 Å². The van der Waals surface area contributed by atoms with Crippen LogP contribution in [0.1, 0.15) is 60.4 Å². The number of benzene rings is 1. The molecule has 0 bridgehead atoms. The van der Waals surface area contributed by atoms with Crippen molar-refractivity contribution in [3.63, 3.8) is 0 Å². The third kappa shape index (κ3) is 9.56. The van der Waals surface area contributed by atoms with Crippen LogP contribution in [0, 0.1) is 24.1 Å². The summed E-state index contributed by atoms with van der Waals surface area (Å²) in [5.74, 6) is -1.03. The molecule has 1 atom stereocenters. The minimum Gasteiger partial charge on any atom is -0.381 e. The Morgan fingerprint density at radius 3 is 2.17 bits per heavy atom. The number of nitrogens with one attached hydrogen (secondary N) is 2. The lowest BCUT2D eigenvalue weighted by Crippen LogP contribution is -2.45. The molecule has 1 aliphatic heterocycles. The third-order valence-electron chi connectivity index (χ3n) is 5.66. The van der Waals surface area contributed by atoms with Gasteiger partial charge in [-0.05, 0) is 56.4 Å². The number of ether oxygens (including phenoxy) is 1. The zero-order valence-electron chi connectivity index (χ0n) is 20.9. The van der Waals surface area contributed by atoms with Crippen molar-refractivity contribution in [2.45, 2.75) is 59.2 Å². The maximum atomic E-state index is 13.1. The predicted octanol–water partition coefficient (Wildman–Crippen LogP) is 6.42. The van der Waals surface area contributed by atoms with E-state index in [0.717, 1.165) is 45.4 Å². The van der Waals surface area contributed by atoms with Crippen LogP contribution in [-0.2, 0) is 9.53 Å². The van der Waals surface area contributed by atoms with Gasteiger partial charge in [-0.25, -0.2) is 9.37 Å². The molecule has 2 amide bonds. The summed E-state index contributed by atoms with van der Waals surface area (Å²) in [5, 5.41) is 5.61. The number of anilines is 1. The van der Waals surface area contributed by atoms with Crippen LogP contribution in [0.2, 0.25) is 0 Å². The normalized spacial score (nSPS) is 15.3. The third-order valence-corrected chi connectivity index (χ3v) is 5.66. The molecule has 1 saturated heterocycles. The predicted molar refractivity (Wildman–Crippen MR) is 135 cm³/mol. The highest BCUT2D eigenvalue weighted by Crippen LogP contribution is 2.36. The molecule has 36 heavy (non-hydrogen) atoms. The number of aromatic nitrogens is 1. The summed E-state index contributed by atoms with van der Waals surface area (Å²) in [5.41, 5.74) is 0.267.